The Kier molecular flexibility index (Phi) is 4.29. The molecule has 3 heteroatoms. The molecule has 1 nitrogen and oxygen atoms in total. The van der Waals surface area contributed by atoms with Crippen molar-refractivity contribution in [3.8, 4) is 0 Å². The molecular formula is C14H12Cl2N. The maximum atomic E-state index is 6.09. The lowest BCUT2D eigenvalue weighted by atomic mass is 10.1. The molecular weight excluding hydrogens is 253 g/mol. The van der Waals surface area contributed by atoms with Crippen LogP contribution in [0, 0.1) is 6.07 Å². The van der Waals surface area contributed by atoms with E-state index in [0.29, 0.717) is 5.02 Å². The second kappa shape index (κ2) is 5.95. The van der Waals surface area contributed by atoms with E-state index in [4.69, 9.17) is 23.2 Å². The first-order valence-electron chi connectivity index (χ1n) is 5.39. The van der Waals surface area contributed by atoms with Crippen LogP contribution in [0.2, 0.25) is 10.0 Å². The Bertz CT molecular complexity index is 483. The summed E-state index contributed by atoms with van der Waals surface area (Å²) in [6, 6.07) is 16.3. The van der Waals surface area contributed by atoms with Crippen LogP contribution in [0.15, 0.2) is 42.5 Å². The van der Waals surface area contributed by atoms with E-state index in [1.165, 1.54) is 0 Å². The first-order valence-corrected chi connectivity index (χ1v) is 6.15. The molecule has 2 rings (SSSR count). The van der Waals surface area contributed by atoms with Crippen molar-refractivity contribution in [1.82, 2.24) is 0 Å². The average Bonchev–Trinajstić information content (AvgIpc) is 2.33. The van der Waals surface area contributed by atoms with Gasteiger partial charge >= 0.3 is 0 Å². The standard InChI is InChI=1S/C14H12Cl2N/c15-12-7-6-11(14(16)10-12)8-9-17-13-4-2-1-3-5-13/h2-7,10,17H,8-9H2. The minimum atomic E-state index is 0.672. The fourth-order valence-electron chi connectivity index (χ4n) is 1.57. The summed E-state index contributed by atoms with van der Waals surface area (Å²) in [5.74, 6) is 0. The van der Waals surface area contributed by atoms with Gasteiger partial charge in [0.2, 0.25) is 0 Å². The Labute approximate surface area is 111 Å². The Balaban J connectivity index is 1.90. The fraction of sp³-hybridized carbons (Fsp3) is 0.143. The van der Waals surface area contributed by atoms with Gasteiger partial charge in [0.1, 0.15) is 0 Å². The van der Waals surface area contributed by atoms with Crippen molar-refractivity contribution in [2.75, 3.05) is 11.9 Å². The monoisotopic (exact) mass is 264 g/mol. The second-order valence-corrected chi connectivity index (χ2v) is 4.54. The summed E-state index contributed by atoms with van der Waals surface area (Å²) in [5, 5.41) is 4.72. The first kappa shape index (κ1) is 12.3. The topological polar surface area (TPSA) is 12.0 Å². The maximum absolute atomic E-state index is 6.09. The highest BCUT2D eigenvalue weighted by Gasteiger charge is 2.00. The number of halogens is 2. The maximum Gasteiger partial charge on any atom is 0.0453 e. The van der Waals surface area contributed by atoms with Gasteiger partial charge in [-0.2, -0.15) is 0 Å². The van der Waals surface area contributed by atoms with Crippen LogP contribution in [0.25, 0.3) is 0 Å². The molecule has 0 bridgehead atoms. The zero-order valence-corrected chi connectivity index (χ0v) is 10.7. The molecule has 0 aliphatic carbocycles. The summed E-state index contributed by atoms with van der Waals surface area (Å²) in [5.41, 5.74) is 2.19. The van der Waals surface area contributed by atoms with Crippen molar-refractivity contribution in [3.05, 3.63) is 64.1 Å². The Morgan fingerprint density at radius 2 is 1.82 bits per heavy atom. The zero-order chi connectivity index (χ0) is 12.1. The van der Waals surface area contributed by atoms with Gasteiger partial charge in [-0.1, -0.05) is 41.4 Å². The molecule has 0 fully saturated rings. The number of anilines is 1. The van der Waals surface area contributed by atoms with Gasteiger partial charge in [-0.05, 0) is 42.3 Å². The molecule has 0 aliphatic heterocycles. The van der Waals surface area contributed by atoms with Crippen molar-refractivity contribution in [2.45, 2.75) is 6.42 Å². The lowest BCUT2D eigenvalue weighted by Gasteiger charge is -2.07. The average molecular weight is 265 g/mol. The van der Waals surface area contributed by atoms with Gasteiger partial charge in [0.05, 0.1) is 0 Å². The summed E-state index contributed by atoms with van der Waals surface area (Å²) in [7, 11) is 0. The number of hydrogen-bond acceptors (Lipinski definition) is 1. The molecule has 0 unspecified atom stereocenters. The third kappa shape index (κ3) is 3.65. The lowest BCUT2D eigenvalue weighted by Crippen LogP contribution is -2.04. The van der Waals surface area contributed by atoms with Gasteiger partial charge in [0, 0.05) is 22.3 Å². The number of benzene rings is 2. The Hall–Kier alpha value is -1.18. The summed E-state index contributed by atoms with van der Waals surface area (Å²) in [4.78, 5) is 0. The van der Waals surface area contributed by atoms with Gasteiger partial charge < -0.3 is 5.32 Å². The smallest absolute Gasteiger partial charge is 0.0453 e. The molecule has 0 saturated carbocycles. The van der Waals surface area contributed by atoms with Crippen molar-refractivity contribution >= 4 is 28.9 Å². The highest BCUT2D eigenvalue weighted by molar-refractivity contribution is 6.35. The second-order valence-electron chi connectivity index (χ2n) is 3.70. The summed E-state index contributed by atoms with van der Waals surface area (Å²) in [6.07, 6.45) is 0.870. The number of rotatable bonds is 4. The molecule has 0 amide bonds. The van der Waals surface area contributed by atoms with Crippen molar-refractivity contribution in [2.24, 2.45) is 0 Å². The molecule has 2 aromatic carbocycles. The highest BCUT2D eigenvalue weighted by atomic mass is 35.5. The predicted molar refractivity (Wildman–Crippen MR) is 73.9 cm³/mol. The van der Waals surface area contributed by atoms with E-state index in [1.54, 1.807) is 6.07 Å². The molecule has 17 heavy (non-hydrogen) atoms. The van der Waals surface area contributed by atoms with Crippen LogP contribution in [0.3, 0.4) is 0 Å². The van der Waals surface area contributed by atoms with E-state index >= 15 is 0 Å². The van der Waals surface area contributed by atoms with Gasteiger partial charge in [-0.3, -0.25) is 0 Å². The summed E-state index contributed by atoms with van der Waals surface area (Å²) in [6.45, 7) is 0.839. The Morgan fingerprint density at radius 3 is 2.53 bits per heavy atom. The highest BCUT2D eigenvalue weighted by Crippen LogP contribution is 2.21. The molecule has 87 valence electrons. The van der Waals surface area contributed by atoms with Crippen LogP contribution >= 0.6 is 23.2 Å². The van der Waals surface area contributed by atoms with Crippen LogP contribution in [0.4, 0.5) is 5.69 Å². The summed E-state index contributed by atoms with van der Waals surface area (Å²) >= 11 is 11.9. The van der Waals surface area contributed by atoms with E-state index in [9.17, 15) is 0 Å². The van der Waals surface area contributed by atoms with Gasteiger partial charge in [0.25, 0.3) is 0 Å². The third-order valence-electron chi connectivity index (χ3n) is 2.46. The van der Waals surface area contributed by atoms with Gasteiger partial charge in [-0.15, -0.1) is 0 Å². The largest absolute Gasteiger partial charge is 0.385 e. The van der Waals surface area contributed by atoms with E-state index in [0.717, 1.165) is 29.2 Å². The predicted octanol–water partition coefficient (Wildman–Crippen LogP) is 4.45. The van der Waals surface area contributed by atoms with Crippen molar-refractivity contribution in [3.63, 3.8) is 0 Å². The SMILES string of the molecule is Clc1ccc(CCNc2cc[c]cc2)c(Cl)c1. The van der Waals surface area contributed by atoms with Crippen molar-refractivity contribution in [1.29, 1.82) is 0 Å². The zero-order valence-electron chi connectivity index (χ0n) is 9.21. The van der Waals surface area contributed by atoms with Gasteiger partial charge in [0.15, 0.2) is 0 Å². The van der Waals surface area contributed by atoms with Crippen LogP contribution in [-0.4, -0.2) is 6.54 Å². The first-order chi connectivity index (χ1) is 8.25. The lowest BCUT2D eigenvalue weighted by molar-refractivity contribution is 1.02. The molecule has 0 spiro atoms. The minimum absolute atomic E-state index is 0.672. The molecule has 0 aromatic heterocycles. The Morgan fingerprint density at radius 1 is 1.06 bits per heavy atom. The van der Waals surface area contributed by atoms with E-state index in [1.807, 2.05) is 36.4 Å². The third-order valence-corrected chi connectivity index (χ3v) is 3.04. The molecule has 1 radical (unpaired) electrons. The van der Waals surface area contributed by atoms with E-state index in [-0.39, 0.29) is 0 Å². The molecule has 0 saturated heterocycles. The van der Waals surface area contributed by atoms with E-state index in [2.05, 4.69) is 11.4 Å². The molecule has 0 aliphatic rings. The minimum Gasteiger partial charge on any atom is -0.385 e. The molecule has 1 N–H and O–H groups in total. The van der Waals surface area contributed by atoms with Gasteiger partial charge in [-0.25, -0.2) is 0 Å². The molecule has 0 atom stereocenters. The van der Waals surface area contributed by atoms with Crippen molar-refractivity contribution < 1.29 is 0 Å². The van der Waals surface area contributed by atoms with Crippen LogP contribution in [-0.2, 0) is 6.42 Å². The summed E-state index contributed by atoms with van der Waals surface area (Å²) < 4.78 is 0. The molecule has 2 aromatic rings. The van der Waals surface area contributed by atoms with E-state index < -0.39 is 0 Å². The van der Waals surface area contributed by atoms with Crippen LogP contribution in [0.5, 0.6) is 0 Å². The van der Waals surface area contributed by atoms with Crippen LogP contribution < -0.4 is 5.32 Å². The fourth-order valence-corrected chi connectivity index (χ4v) is 2.07. The quantitative estimate of drug-likeness (QED) is 0.861. The van der Waals surface area contributed by atoms with Crippen LogP contribution in [0.1, 0.15) is 5.56 Å². The number of hydrogen-bond donors (Lipinski definition) is 1. The number of nitrogens with one attached hydrogen (secondary N) is 1. The normalized spacial score (nSPS) is 10.2. The molecule has 0 heterocycles.